The molecule has 1 aromatic carbocycles. The standard InChI is InChI=1S/C16H18N6O/c1-2-12-3-5-13(6-4-12)14-11-15(20-19-14)16(23)17-7-9-22-10-8-18-21-22/h3-6,8,10-11H,2,7,9H2,1H3,(H,17,23)(H,19,20). The zero-order valence-corrected chi connectivity index (χ0v) is 12.9. The first-order chi connectivity index (χ1) is 11.3. The van der Waals surface area contributed by atoms with Crippen molar-refractivity contribution in [3.63, 3.8) is 0 Å². The third-order valence-electron chi connectivity index (χ3n) is 3.58. The summed E-state index contributed by atoms with van der Waals surface area (Å²) in [5.74, 6) is -0.186. The zero-order valence-electron chi connectivity index (χ0n) is 12.9. The minimum atomic E-state index is -0.186. The fourth-order valence-electron chi connectivity index (χ4n) is 2.23. The van der Waals surface area contributed by atoms with Crippen molar-refractivity contribution in [2.24, 2.45) is 0 Å². The van der Waals surface area contributed by atoms with Gasteiger partial charge in [-0.3, -0.25) is 14.6 Å². The lowest BCUT2D eigenvalue weighted by Gasteiger charge is -2.02. The number of H-pyrrole nitrogens is 1. The highest BCUT2D eigenvalue weighted by atomic mass is 16.1. The van der Waals surface area contributed by atoms with Gasteiger partial charge in [-0.05, 0) is 18.1 Å². The largest absolute Gasteiger partial charge is 0.349 e. The average Bonchev–Trinajstić information content (AvgIpc) is 3.26. The molecule has 2 aromatic heterocycles. The molecule has 0 saturated heterocycles. The Kier molecular flexibility index (Phi) is 4.46. The van der Waals surface area contributed by atoms with Crippen LogP contribution >= 0.6 is 0 Å². The third kappa shape index (κ3) is 3.63. The summed E-state index contributed by atoms with van der Waals surface area (Å²) in [6.07, 6.45) is 4.35. The first-order valence-electron chi connectivity index (χ1n) is 7.53. The molecule has 0 fully saturated rings. The van der Waals surface area contributed by atoms with E-state index in [0.717, 1.165) is 17.7 Å². The Hall–Kier alpha value is -2.96. The molecule has 0 aliphatic heterocycles. The van der Waals surface area contributed by atoms with Crippen LogP contribution < -0.4 is 5.32 Å². The second-order valence-corrected chi connectivity index (χ2v) is 5.14. The normalized spacial score (nSPS) is 10.7. The van der Waals surface area contributed by atoms with Gasteiger partial charge in [-0.1, -0.05) is 36.4 Å². The summed E-state index contributed by atoms with van der Waals surface area (Å²) in [5.41, 5.74) is 3.46. The van der Waals surface area contributed by atoms with Crippen molar-refractivity contribution in [2.45, 2.75) is 19.9 Å². The van der Waals surface area contributed by atoms with Crippen LogP contribution in [0.15, 0.2) is 42.7 Å². The SMILES string of the molecule is CCc1ccc(-c2cc(C(=O)NCCn3ccnn3)[nH]n2)cc1. The van der Waals surface area contributed by atoms with E-state index >= 15 is 0 Å². The number of rotatable bonds is 6. The fraction of sp³-hybridized carbons (Fsp3) is 0.250. The van der Waals surface area contributed by atoms with Gasteiger partial charge in [-0.2, -0.15) is 5.10 Å². The van der Waals surface area contributed by atoms with Gasteiger partial charge in [0.1, 0.15) is 5.69 Å². The first-order valence-corrected chi connectivity index (χ1v) is 7.53. The number of carbonyl (C=O) groups is 1. The first kappa shape index (κ1) is 15.0. The Bertz CT molecular complexity index is 760. The van der Waals surface area contributed by atoms with Crippen LogP contribution in [-0.2, 0) is 13.0 Å². The third-order valence-corrected chi connectivity index (χ3v) is 3.58. The molecule has 2 heterocycles. The van der Waals surface area contributed by atoms with Crippen LogP contribution in [0.3, 0.4) is 0 Å². The second-order valence-electron chi connectivity index (χ2n) is 5.14. The van der Waals surface area contributed by atoms with Crippen LogP contribution in [0.25, 0.3) is 11.3 Å². The molecule has 0 aliphatic carbocycles. The highest BCUT2D eigenvalue weighted by Crippen LogP contribution is 2.18. The maximum absolute atomic E-state index is 12.1. The van der Waals surface area contributed by atoms with Crippen molar-refractivity contribution in [2.75, 3.05) is 6.54 Å². The highest BCUT2D eigenvalue weighted by molar-refractivity contribution is 5.93. The molecular formula is C16H18N6O. The molecule has 7 nitrogen and oxygen atoms in total. The molecule has 1 amide bonds. The van der Waals surface area contributed by atoms with Gasteiger partial charge in [0.05, 0.1) is 18.4 Å². The molecule has 0 unspecified atom stereocenters. The number of hydrogen-bond donors (Lipinski definition) is 2. The lowest BCUT2D eigenvalue weighted by atomic mass is 10.1. The van der Waals surface area contributed by atoms with Crippen molar-refractivity contribution >= 4 is 5.91 Å². The van der Waals surface area contributed by atoms with Crippen molar-refractivity contribution in [3.05, 3.63) is 54.0 Å². The summed E-state index contributed by atoms with van der Waals surface area (Å²) in [7, 11) is 0. The van der Waals surface area contributed by atoms with Gasteiger partial charge in [0, 0.05) is 18.3 Å². The van der Waals surface area contributed by atoms with E-state index in [0.29, 0.717) is 18.8 Å². The van der Waals surface area contributed by atoms with Crippen molar-refractivity contribution < 1.29 is 4.79 Å². The smallest absolute Gasteiger partial charge is 0.269 e. The zero-order chi connectivity index (χ0) is 16.1. The minimum absolute atomic E-state index is 0.186. The van der Waals surface area contributed by atoms with Gasteiger partial charge in [0.15, 0.2) is 0 Å². The van der Waals surface area contributed by atoms with Gasteiger partial charge < -0.3 is 5.32 Å². The number of hydrogen-bond acceptors (Lipinski definition) is 4. The van der Waals surface area contributed by atoms with Crippen LogP contribution in [0, 0.1) is 0 Å². The highest BCUT2D eigenvalue weighted by Gasteiger charge is 2.10. The topological polar surface area (TPSA) is 88.5 Å². The molecule has 0 radical (unpaired) electrons. The lowest BCUT2D eigenvalue weighted by Crippen LogP contribution is -2.27. The summed E-state index contributed by atoms with van der Waals surface area (Å²) in [5, 5.41) is 17.4. The molecule has 3 rings (SSSR count). The van der Waals surface area contributed by atoms with Crippen LogP contribution in [-0.4, -0.2) is 37.6 Å². The number of aromatic nitrogens is 5. The number of carbonyl (C=O) groups excluding carboxylic acids is 1. The van der Waals surface area contributed by atoms with E-state index in [4.69, 9.17) is 0 Å². The Balaban J connectivity index is 1.60. The molecule has 118 valence electrons. The number of nitrogens with one attached hydrogen (secondary N) is 2. The quantitative estimate of drug-likeness (QED) is 0.724. The molecular weight excluding hydrogens is 292 g/mol. The van der Waals surface area contributed by atoms with Gasteiger partial charge in [0.2, 0.25) is 0 Å². The summed E-state index contributed by atoms with van der Waals surface area (Å²) in [4.78, 5) is 12.1. The number of nitrogens with zero attached hydrogens (tertiary/aromatic N) is 4. The monoisotopic (exact) mass is 310 g/mol. The molecule has 2 N–H and O–H groups in total. The van der Waals surface area contributed by atoms with E-state index in [1.54, 1.807) is 23.1 Å². The molecule has 0 atom stereocenters. The second kappa shape index (κ2) is 6.87. The predicted octanol–water partition coefficient (Wildman–Crippen LogP) is 1.66. The molecule has 0 aliphatic rings. The molecule has 0 saturated carbocycles. The van der Waals surface area contributed by atoms with Crippen molar-refractivity contribution in [3.8, 4) is 11.3 Å². The van der Waals surface area contributed by atoms with Gasteiger partial charge in [-0.25, -0.2) is 0 Å². The van der Waals surface area contributed by atoms with E-state index in [2.05, 4.69) is 44.9 Å². The maximum atomic E-state index is 12.1. The summed E-state index contributed by atoms with van der Waals surface area (Å²) in [6, 6.07) is 9.93. The molecule has 3 aromatic rings. The van der Waals surface area contributed by atoms with Crippen LogP contribution in [0.5, 0.6) is 0 Å². The Labute approximate surface area is 133 Å². The number of aryl methyl sites for hydroxylation is 1. The van der Waals surface area contributed by atoms with E-state index < -0.39 is 0 Å². The Morgan fingerprint density at radius 1 is 1.30 bits per heavy atom. The summed E-state index contributed by atoms with van der Waals surface area (Å²) in [6.45, 7) is 3.16. The van der Waals surface area contributed by atoms with E-state index in [1.807, 2.05) is 12.1 Å². The van der Waals surface area contributed by atoms with Gasteiger partial charge >= 0.3 is 0 Å². The summed E-state index contributed by atoms with van der Waals surface area (Å²) >= 11 is 0. The minimum Gasteiger partial charge on any atom is -0.349 e. The maximum Gasteiger partial charge on any atom is 0.269 e. The van der Waals surface area contributed by atoms with Crippen molar-refractivity contribution in [1.82, 2.24) is 30.5 Å². The number of amides is 1. The van der Waals surface area contributed by atoms with E-state index in [1.165, 1.54) is 5.56 Å². The molecule has 0 spiro atoms. The number of benzene rings is 1. The Morgan fingerprint density at radius 2 is 2.13 bits per heavy atom. The van der Waals surface area contributed by atoms with E-state index in [9.17, 15) is 4.79 Å². The van der Waals surface area contributed by atoms with Gasteiger partial charge in [-0.15, -0.1) is 5.10 Å². The number of aromatic amines is 1. The van der Waals surface area contributed by atoms with Crippen LogP contribution in [0.2, 0.25) is 0 Å². The average molecular weight is 310 g/mol. The Morgan fingerprint density at radius 3 is 2.83 bits per heavy atom. The summed E-state index contributed by atoms with van der Waals surface area (Å²) < 4.78 is 1.66. The molecule has 7 heteroatoms. The van der Waals surface area contributed by atoms with Gasteiger partial charge in [0.25, 0.3) is 5.91 Å². The molecule has 23 heavy (non-hydrogen) atoms. The van der Waals surface area contributed by atoms with Crippen molar-refractivity contribution in [1.29, 1.82) is 0 Å². The lowest BCUT2D eigenvalue weighted by molar-refractivity contribution is 0.0947. The predicted molar refractivity (Wildman–Crippen MR) is 85.8 cm³/mol. The van der Waals surface area contributed by atoms with Crippen LogP contribution in [0.1, 0.15) is 23.0 Å². The fourth-order valence-corrected chi connectivity index (χ4v) is 2.23. The van der Waals surface area contributed by atoms with E-state index in [-0.39, 0.29) is 5.91 Å². The molecule has 0 bridgehead atoms. The van der Waals surface area contributed by atoms with Crippen LogP contribution in [0.4, 0.5) is 0 Å².